The van der Waals surface area contributed by atoms with Crippen molar-refractivity contribution in [3.8, 4) is 11.5 Å². The average molecular weight is 363 g/mol. The van der Waals surface area contributed by atoms with Crippen LogP contribution in [0.5, 0.6) is 11.5 Å². The van der Waals surface area contributed by atoms with E-state index in [1.807, 2.05) is 56.3 Å². The Morgan fingerprint density at radius 3 is 2.72 bits per heavy atom. The number of ether oxygens (including phenoxy) is 2. The topological polar surface area (TPSA) is 73.6 Å². The number of rotatable bonds is 4. The Morgan fingerprint density at radius 2 is 2.00 bits per heavy atom. The zero-order valence-electron chi connectivity index (χ0n) is 14.3. The normalized spacial score (nSPS) is 17.4. The number of carbonyl (C=O) groups excluding carboxylic acids is 1. The first-order valence-corrected chi connectivity index (χ1v) is 7.99. The summed E-state index contributed by atoms with van der Waals surface area (Å²) in [5.74, 6) is 1.26. The maximum absolute atomic E-state index is 12.3. The lowest BCUT2D eigenvalue weighted by Crippen LogP contribution is -2.42. The second kappa shape index (κ2) is 7.66. The molecule has 1 amide bonds. The van der Waals surface area contributed by atoms with Crippen molar-refractivity contribution >= 4 is 24.0 Å². The summed E-state index contributed by atoms with van der Waals surface area (Å²) >= 11 is 0. The van der Waals surface area contributed by atoms with Crippen LogP contribution in [0.25, 0.3) is 0 Å². The van der Waals surface area contributed by atoms with E-state index in [4.69, 9.17) is 15.2 Å². The molecule has 0 spiro atoms. The van der Waals surface area contributed by atoms with Crippen LogP contribution in [-0.2, 0) is 4.79 Å². The number of amides is 1. The predicted molar refractivity (Wildman–Crippen MR) is 100 cm³/mol. The van der Waals surface area contributed by atoms with Crippen LogP contribution in [0.2, 0.25) is 0 Å². The van der Waals surface area contributed by atoms with Crippen molar-refractivity contribution in [2.45, 2.75) is 31.9 Å². The third kappa shape index (κ3) is 4.79. The van der Waals surface area contributed by atoms with Crippen LogP contribution in [0.15, 0.2) is 48.5 Å². The van der Waals surface area contributed by atoms with Gasteiger partial charge in [-0.15, -0.1) is 12.4 Å². The maximum Gasteiger partial charge on any atom is 0.258 e. The molecule has 0 bridgehead atoms. The number of nitrogen functional groups attached to an aromatic ring is 1. The van der Waals surface area contributed by atoms with E-state index in [0.29, 0.717) is 17.9 Å². The van der Waals surface area contributed by atoms with E-state index in [1.165, 1.54) is 0 Å². The fourth-order valence-corrected chi connectivity index (χ4v) is 2.90. The lowest BCUT2D eigenvalue weighted by atomic mass is 9.89. The van der Waals surface area contributed by atoms with E-state index in [0.717, 1.165) is 11.3 Å². The van der Waals surface area contributed by atoms with Gasteiger partial charge in [0, 0.05) is 17.7 Å². The SMILES string of the molecule is CC1(C)CC(NC(=O)COc2ccccc2)c2cc(N)ccc2O1.Cl. The Labute approximate surface area is 153 Å². The van der Waals surface area contributed by atoms with Gasteiger partial charge in [-0.2, -0.15) is 0 Å². The third-order valence-corrected chi connectivity index (χ3v) is 3.94. The summed E-state index contributed by atoms with van der Waals surface area (Å²) in [4.78, 5) is 12.3. The first kappa shape index (κ1) is 18.9. The minimum absolute atomic E-state index is 0. The van der Waals surface area contributed by atoms with Crippen LogP contribution in [-0.4, -0.2) is 18.1 Å². The highest BCUT2D eigenvalue weighted by molar-refractivity contribution is 5.85. The zero-order valence-corrected chi connectivity index (χ0v) is 15.1. The van der Waals surface area contributed by atoms with Gasteiger partial charge in [0.15, 0.2) is 6.61 Å². The van der Waals surface area contributed by atoms with E-state index in [9.17, 15) is 4.79 Å². The smallest absolute Gasteiger partial charge is 0.258 e. The molecule has 0 radical (unpaired) electrons. The summed E-state index contributed by atoms with van der Waals surface area (Å²) in [5.41, 5.74) is 7.08. The van der Waals surface area contributed by atoms with Crippen LogP contribution < -0.4 is 20.5 Å². The van der Waals surface area contributed by atoms with Crippen molar-refractivity contribution in [3.63, 3.8) is 0 Å². The van der Waals surface area contributed by atoms with E-state index in [1.54, 1.807) is 6.07 Å². The number of fused-ring (bicyclic) bond motifs is 1. The Hall–Kier alpha value is -2.40. The third-order valence-electron chi connectivity index (χ3n) is 3.94. The van der Waals surface area contributed by atoms with Crippen molar-refractivity contribution in [3.05, 3.63) is 54.1 Å². The maximum atomic E-state index is 12.3. The predicted octanol–water partition coefficient (Wildman–Crippen LogP) is 3.49. The molecule has 2 aromatic carbocycles. The lowest BCUT2D eigenvalue weighted by molar-refractivity contribution is -0.124. The van der Waals surface area contributed by atoms with E-state index < -0.39 is 0 Å². The van der Waals surface area contributed by atoms with Gasteiger partial charge >= 0.3 is 0 Å². The number of nitrogens with one attached hydrogen (secondary N) is 1. The first-order chi connectivity index (χ1) is 11.4. The van der Waals surface area contributed by atoms with Gasteiger partial charge in [-0.25, -0.2) is 0 Å². The van der Waals surface area contributed by atoms with Crippen molar-refractivity contribution in [1.29, 1.82) is 0 Å². The zero-order chi connectivity index (χ0) is 17.2. The highest BCUT2D eigenvalue weighted by Crippen LogP contribution is 2.40. The lowest BCUT2D eigenvalue weighted by Gasteiger charge is -2.38. The molecule has 1 aliphatic rings. The summed E-state index contributed by atoms with van der Waals surface area (Å²) in [6.07, 6.45) is 0.667. The summed E-state index contributed by atoms with van der Waals surface area (Å²) in [5, 5.41) is 3.03. The molecule has 5 nitrogen and oxygen atoms in total. The number of benzene rings is 2. The highest BCUT2D eigenvalue weighted by atomic mass is 35.5. The molecule has 1 atom stereocenters. The minimum atomic E-state index is -0.360. The average Bonchev–Trinajstić information content (AvgIpc) is 2.54. The summed E-state index contributed by atoms with van der Waals surface area (Å²) < 4.78 is 11.5. The van der Waals surface area contributed by atoms with Gasteiger partial charge < -0.3 is 20.5 Å². The molecule has 0 fully saturated rings. The molecule has 3 N–H and O–H groups in total. The van der Waals surface area contributed by atoms with Crippen LogP contribution >= 0.6 is 12.4 Å². The molecule has 1 heterocycles. The van der Waals surface area contributed by atoms with Crippen molar-refractivity contribution in [1.82, 2.24) is 5.32 Å². The van der Waals surface area contributed by atoms with Crippen LogP contribution in [0.3, 0.4) is 0 Å². The number of anilines is 1. The number of para-hydroxylation sites is 1. The van der Waals surface area contributed by atoms with Crippen LogP contribution in [0.4, 0.5) is 5.69 Å². The summed E-state index contributed by atoms with van der Waals surface area (Å²) in [6.45, 7) is 3.98. The van der Waals surface area contributed by atoms with Gasteiger partial charge in [0.05, 0.1) is 6.04 Å². The van der Waals surface area contributed by atoms with Gasteiger partial charge in [0.25, 0.3) is 5.91 Å². The molecule has 0 saturated heterocycles. The molecule has 1 aliphatic heterocycles. The van der Waals surface area contributed by atoms with Crippen LogP contribution in [0.1, 0.15) is 31.9 Å². The highest BCUT2D eigenvalue weighted by Gasteiger charge is 2.34. The Kier molecular flexibility index (Phi) is 5.80. The number of nitrogens with two attached hydrogens (primary N) is 1. The molecular weight excluding hydrogens is 340 g/mol. The Bertz CT molecular complexity index is 735. The summed E-state index contributed by atoms with van der Waals surface area (Å²) in [6, 6.07) is 14.6. The quantitative estimate of drug-likeness (QED) is 0.816. The van der Waals surface area contributed by atoms with E-state index >= 15 is 0 Å². The second-order valence-electron chi connectivity index (χ2n) is 6.58. The minimum Gasteiger partial charge on any atom is -0.487 e. The van der Waals surface area contributed by atoms with Crippen molar-refractivity contribution in [2.75, 3.05) is 12.3 Å². The van der Waals surface area contributed by atoms with Crippen molar-refractivity contribution < 1.29 is 14.3 Å². The number of hydrogen-bond acceptors (Lipinski definition) is 4. The molecule has 134 valence electrons. The van der Waals surface area contributed by atoms with Gasteiger partial charge in [-0.05, 0) is 44.2 Å². The molecular formula is C19H23ClN2O3. The largest absolute Gasteiger partial charge is 0.487 e. The number of carbonyl (C=O) groups is 1. The van der Waals surface area contributed by atoms with E-state index in [2.05, 4.69) is 5.32 Å². The molecule has 0 aliphatic carbocycles. The molecule has 6 heteroatoms. The first-order valence-electron chi connectivity index (χ1n) is 7.99. The van der Waals surface area contributed by atoms with Gasteiger partial charge in [-0.3, -0.25) is 4.79 Å². The second-order valence-corrected chi connectivity index (χ2v) is 6.58. The Morgan fingerprint density at radius 1 is 1.28 bits per heavy atom. The summed E-state index contributed by atoms with van der Waals surface area (Å²) in [7, 11) is 0. The monoisotopic (exact) mass is 362 g/mol. The Balaban J connectivity index is 0.00000225. The van der Waals surface area contributed by atoms with Gasteiger partial charge in [-0.1, -0.05) is 18.2 Å². The molecule has 2 aromatic rings. The number of hydrogen-bond donors (Lipinski definition) is 2. The molecule has 0 aromatic heterocycles. The fraction of sp³-hybridized carbons (Fsp3) is 0.316. The fourth-order valence-electron chi connectivity index (χ4n) is 2.90. The van der Waals surface area contributed by atoms with Crippen LogP contribution in [0, 0.1) is 0 Å². The van der Waals surface area contributed by atoms with E-state index in [-0.39, 0.29) is 36.6 Å². The van der Waals surface area contributed by atoms with Gasteiger partial charge in [0.2, 0.25) is 0 Å². The molecule has 0 saturated carbocycles. The molecule has 1 unspecified atom stereocenters. The van der Waals surface area contributed by atoms with Gasteiger partial charge in [0.1, 0.15) is 17.1 Å². The molecule has 3 rings (SSSR count). The van der Waals surface area contributed by atoms with Crippen molar-refractivity contribution in [2.24, 2.45) is 0 Å². The number of halogens is 1. The molecule has 25 heavy (non-hydrogen) atoms. The standard InChI is InChI=1S/C19H22N2O3.ClH/c1-19(2)11-16(15-10-13(20)8-9-17(15)24-19)21-18(22)12-23-14-6-4-3-5-7-14;/h3-10,16H,11-12,20H2,1-2H3,(H,21,22);1H.